The molecular weight excluding hydrogens is 190 g/mol. The molecule has 1 aliphatic rings. The second-order valence-corrected chi connectivity index (χ2v) is 3.54. The molecule has 15 heavy (non-hydrogen) atoms. The van der Waals surface area contributed by atoms with Gasteiger partial charge in [0.2, 0.25) is 0 Å². The van der Waals surface area contributed by atoms with Gasteiger partial charge in [-0.25, -0.2) is 0 Å². The number of carbonyl (C=O) groups is 1. The molecule has 0 aromatic heterocycles. The van der Waals surface area contributed by atoms with Crippen LogP contribution < -0.4 is 0 Å². The van der Waals surface area contributed by atoms with E-state index in [-0.39, 0.29) is 0 Å². The maximum atomic E-state index is 9.98. The number of rotatable bonds is 4. The zero-order valence-corrected chi connectivity index (χ0v) is 8.48. The van der Waals surface area contributed by atoms with Crippen molar-refractivity contribution >= 4 is 12.7 Å². The second-order valence-electron chi connectivity index (χ2n) is 3.54. The van der Waals surface area contributed by atoms with Crippen molar-refractivity contribution in [3.05, 3.63) is 34.9 Å². The molecule has 0 saturated carbocycles. The van der Waals surface area contributed by atoms with Crippen molar-refractivity contribution in [2.45, 2.75) is 12.8 Å². The van der Waals surface area contributed by atoms with Crippen LogP contribution in [0.15, 0.2) is 23.2 Å². The molecule has 3 heteroatoms. The van der Waals surface area contributed by atoms with E-state index in [1.165, 1.54) is 16.7 Å². The van der Waals surface area contributed by atoms with Crippen molar-refractivity contribution in [3.8, 4) is 0 Å². The number of nitrogens with zero attached hydrogens (tertiary/aromatic N) is 1. The number of fused-ring (bicyclic) bond motifs is 1. The highest BCUT2D eigenvalue weighted by Gasteiger charge is 2.05. The van der Waals surface area contributed by atoms with Crippen molar-refractivity contribution < 1.29 is 9.53 Å². The van der Waals surface area contributed by atoms with Gasteiger partial charge in [0.1, 0.15) is 0 Å². The molecule has 1 heterocycles. The third kappa shape index (κ3) is 2.43. The molecule has 1 aromatic carbocycles. The highest BCUT2D eigenvalue weighted by Crippen LogP contribution is 2.14. The minimum absolute atomic E-state index is 0.444. The monoisotopic (exact) mass is 203 g/mol. The Kier molecular flexibility index (Phi) is 3.12. The van der Waals surface area contributed by atoms with Gasteiger partial charge in [-0.1, -0.05) is 12.1 Å². The Morgan fingerprint density at radius 3 is 3.27 bits per heavy atom. The lowest BCUT2D eigenvalue weighted by Gasteiger charge is -2.11. The highest BCUT2D eigenvalue weighted by molar-refractivity contribution is 5.83. The minimum Gasteiger partial charge on any atom is -0.468 e. The predicted octanol–water partition coefficient (Wildman–Crippen LogP) is 1.38. The average molecular weight is 203 g/mol. The summed E-state index contributed by atoms with van der Waals surface area (Å²) in [6, 6.07) is 6.34. The van der Waals surface area contributed by atoms with E-state index in [0.29, 0.717) is 13.1 Å². The Labute approximate surface area is 88.8 Å². The van der Waals surface area contributed by atoms with Crippen LogP contribution in [0.3, 0.4) is 0 Å². The van der Waals surface area contributed by atoms with Crippen LogP contribution in [0, 0.1) is 0 Å². The van der Waals surface area contributed by atoms with E-state index < -0.39 is 0 Å². The summed E-state index contributed by atoms with van der Waals surface area (Å²) in [4.78, 5) is 14.2. The summed E-state index contributed by atoms with van der Waals surface area (Å²) in [6.45, 7) is 1.82. The number of aliphatic imine (C=N–C) groups is 1. The van der Waals surface area contributed by atoms with E-state index in [9.17, 15) is 4.79 Å². The summed E-state index contributed by atoms with van der Waals surface area (Å²) in [5.74, 6) is 0. The molecule has 1 aromatic rings. The van der Waals surface area contributed by atoms with Crippen LogP contribution >= 0.6 is 0 Å². The van der Waals surface area contributed by atoms with Crippen LogP contribution in [0.5, 0.6) is 0 Å². The number of hydrogen-bond donors (Lipinski definition) is 0. The average Bonchev–Trinajstić information content (AvgIpc) is 2.29. The summed E-state index contributed by atoms with van der Waals surface area (Å²) in [6.07, 6.45) is 3.71. The highest BCUT2D eigenvalue weighted by atomic mass is 16.5. The number of ether oxygens (including phenoxy) is 1. The van der Waals surface area contributed by atoms with Gasteiger partial charge in [0.05, 0.1) is 6.61 Å². The van der Waals surface area contributed by atoms with Gasteiger partial charge >= 0.3 is 0 Å². The Hall–Kier alpha value is -1.64. The zero-order valence-electron chi connectivity index (χ0n) is 8.48. The molecule has 0 amide bonds. The molecular formula is C12H13NO2. The molecule has 0 saturated heterocycles. The van der Waals surface area contributed by atoms with Gasteiger partial charge in [-0.2, -0.15) is 0 Å². The third-order valence-corrected chi connectivity index (χ3v) is 2.53. The number of hydrogen-bond acceptors (Lipinski definition) is 3. The molecule has 0 spiro atoms. The Morgan fingerprint density at radius 1 is 1.47 bits per heavy atom. The van der Waals surface area contributed by atoms with Gasteiger partial charge in [-0.05, 0) is 29.2 Å². The van der Waals surface area contributed by atoms with Crippen LogP contribution in [0.25, 0.3) is 0 Å². The van der Waals surface area contributed by atoms with Gasteiger partial charge in [-0.3, -0.25) is 9.79 Å². The first-order valence-electron chi connectivity index (χ1n) is 5.07. The predicted molar refractivity (Wildman–Crippen MR) is 58.3 cm³/mol. The molecule has 0 N–H and O–H groups in total. The lowest BCUT2D eigenvalue weighted by atomic mass is 9.99. The summed E-state index contributed by atoms with van der Waals surface area (Å²) < 4.78 is 4.67. The quantitative estimate of drug-likeness (QED) is 0.547. The van der Waals surface area contributed by atoms with Crippen LogP contribution in [-0.2, 0) is 22.4 Å². The first kappa shape index (κ1) is 9.90. The summed E-state index contributed by atoms with van der Waals surface area (Å²) in [5, 5.41) is 0. The molecule has 0 bridgehead atoms. The SMILES string of the molecule is O=COCCc1ccc2c(c1)C=NCC2. The fraction of sp³-hybridized carbons (Fsp3) is 0.333. The van der Waals surface area contributed by atoms with Crippen molar-refractivity contribution in [2.24, 2.45) is 4.99 Å². The van der Waals surface area contributed by atoms with Crippen LogP contribution in [0.2, 0.25) is 0 Å². The molecule has 2 rings (SSSR count). The normalized spacial score (nSPS) is 13.3. The van der Waals surface area contributed by atoms with Crippen molar-refractivity contribution in [1.29, 1.82) is 0 Å². The molecule has 78 valence electrons. The molecule has 0 radical (unpaired) electrons. The standard InChI is InChI=1S/C12H13NO2/c14-9-15-6-4-10-1-2-11-3-5-13-8-12(11)7-10/h1-2,7-9H,3-6H2. The smallest absolute Gasteiger partial charge is 0.293 e. The summed E-state index contributed by atoms with van der Waals surface area (Å²) in [5.41, 5.74) is 3.74. The van der Waals surface area contributed by atoms with E-state index in [2.05, 4.69) is 27.9 Å². The van der Waals surface area contributed by atoms with Gasteiger partial charge < -0.3 is 4.74 Å². The van der Waals surface area contributed by atoms with E-state index in [1.54, 1.807) is 0 Å². The topological polar surface area (TPSA) is 38.7 Å². The molecule has 0 fully saturated rings. The maximum Gasteiger partial charge on any atom is 0.293 e. The van der Waals surface area contributed by atoms with E-state index in [1.807, 2.05) is 6.21 Å². The molecule has 0 unspecified atom stereocenters. The maximum absolute atomic E-state index is 9.98. The fourth-order valence-electron chi connectivity index (χ4n) is 1.72. The minimum atomic E-state index is 0.444. The van der Waals surface area contributed by atoms with Gasteiger partial charge in [0, 0.05) is 19.2 Å². The van der Waals surface area contributed by atoms with Crippen molar-refractivity contribution in [3.63, 3.8) is 0 Å². The van der Waals surface area contributed by atoms with E-state index in [4.69, 9.17) is 0 Å². The number of benzene rings is 1. The zero-order chi connectivity index (χ0) is 10.5. The Balaban J connectivity index is 2.08. The van der Waals surface area contributed by atoms with Crippen LogP contribution in [0.1, 0.15) is 16.7 Å². The lowest BCUT2D eigenvalue weighted by molar-refractivity contribution is -0.128. The molecule has 0 atom stereocenters. The molecule has 3 nitrogen and oxygen atoms in total. The first-order chi connectivity index (χ1) is 7.40. The van der Waals surface area contributed by atoms with E-state index in [0.717, 1.165) is 19.4 Å². The molecule has 1 aliphatic heterocycles. The van der Waals surface area contributed by atoms with Crippen LogP contribution in [-0.4, -0.2) is 25.8 Å². The largest absolute Gasteiger partial charge is 0.468 e. The summed E-state index contributed by atoms with van der Waals surface area (Å²) >= 11 is 0. The molecule has 0 aliphatic carbocycles. The third-order valence-electron chi connectivity index (χ3n) is 2.53. The van der Waals surface area contributed by atoms with Gasteiger partial charge in [0.25, 0.3) is 6.47 Å². The Morgan fingerprint density at radius 2 is 2.40 bits per heavy atom. The van der Waals surface area contributed by atoms with Crippen LogP contribution in [0.4, 0.5) is 0 Å². The summed E-state index contributed by atoms with van der Waals surface area (Å²) in [7, 11) is 0. The lowest BCUT2D eigenvalue weighted by Crippen LogP contribution is -2.04. The fourth-order valence-corrected chi connectivity index (χ4v) is 1.72. The van der Waals surface area contributed by atoms with Gasteiger partial charge in [-0.15, -0.1) is 0 Å². The van der Waals surface area contributed by atoms with Gasteiger partial charge in [0.15, 0.2) is 0 Å². The van der Waals surface area contributed by atoms with Crippen molar-refractivity contribution in [1.82, 2.24) is 0 Å². The first-order valence-corrected chi connectivity index (χ1v) is 5.07. The number of carbonyl (C=O) groups excluding carboxylic acids is 1. The van der Waals surface area contributed by atoms with E-state index >= 15 is 0 Å². The van der Waals surface area contributed by atoms with Crippen molar-refractivity contribution in [2.75, 3.05) is 13.2 Å². The second kappa shape index (κ2) is 4.73. The Bertz CT molecular complexity index is 385.